The van der Waals surface area contributed by atoms with Gasteiger partial charge in [0.05, 0.1) is 5.69 Å². The molecule has 0 saturated heterocycles. The number of halogens is 4. The molecule has 0 aliphatic heterocycles. The molecule has 2 aromatic rings. The predicted molar refractivity (Wildman–Crippen MR) is 84.4 cm³/mol. The van der Waals surface area contributed by atoms with Crippen molar-refractivity contribution in [1.82, 2.24) is 0 Å². The topological polar surface area (TPSA) is 58.2 Å². The van der Waals surface area contributed by atoms with Gasteiger partial charge in [-0.2, -0.15) is 0 Å². The second-order valence-corrected chi connectivity index (χ2v) is 5.32. The number of hydrogen-bond donors (Lipinski definition) is 2. The summed E-state index contributed by atoms with van der Waals surface area (Å²) in [5, 5.41) is 4.95. The zero-order valence-corrected chi connectivity index (χ0v) is 13.2. The molecule has 0 bridgehead atoms. The molecule has 0 aromatic heterocycles. The Morgan fingerprint density at radius 2 is 1.58 bits per heavy atom. The first kappa shape index (κ1) is 17.8. The first-order valence-corrected chi connectivity index (χ1v) is 7.15. The lowest BCUT2D eigenvalue weighted by Crippen LogP contribution is -2.22. The molecule has 2 rings (SSSR count). The molecule has 8 heteroatoms. The normalized spacial score (nSPS) is 10.4. The number of nitrogens with one attached hydrogen (secondary N) is 2. The van der Waals surface area contributed by atoms with Gasteiger partial charge in [-0.05, 0) is 36.8 Å². The van der Waals surface area contributed by atoms with Crippen molar-refractivity contribution < 1.29 is 22.8 Å². The van der Waals surface area contributed by atoms with Gasteiger partial charge in [-0.15, -0.1) is 0 Å². The van der Waals surface area contributed by atoms with Crippen LogP contribution in [-0.2, 0) is 9.59 Å². The van der Waals surface area contributed by atoms with E-state index in [1.165, 1.54) is 0 Å². The van der Waals surface area contributed by atoms with E-state index >= 15 is 0 Å². The second-order valence-electron chi connectivity index (χ2n) is 4.91. The maximum absolute atomic E-state index is 13.5. The zero-order valence-electron chi connectivity index (χ0n) is 12.4. The summed E-state index contributed by atoms with van der Waals surface area (Å²) < 4.78 is 39.4. The van der Waals surface area contributed by atoms with Crippen LogP contribution in [-0.4, -0.2) is 11.8 Å². The van der Waals surface area contributed by atoms with Gasteiger partial charge in [0.25, 0.3) is 0 Å². The molecule has 0 radical (unpaired) electrons. The van der Waals surface area contributed by atoms with Crippen LogP contribution in [0.4, 0.5) is 24.5 Å². The van der Waals surface area contributed by atoms with Gasteiger partial charge in [0.2, 0.25) is 11.8 Å². The number of anilines is 2. The molecule has 2 aromatic carbocycles. The minimum Gasteiger partial charge on any atom is -0.325 e. The molecule has 0 saturated carbocycles. The number of benzene rings is 2. The molecule has 24 heavy (non-hydrogen) atoms. The van der Waals surface area contributed by atoms with E-state index in [1.54, 1.807) is 25.1 Å². The summed E-state index contributed by atoms with van der Waals surface area (Å²) in [4.78, 5) is 23.6. The third-order valence-corrected chi connectivity index (χ3v) is 3.58. The summed E-state index contributed by atoms with van der Waals surface area (Å²) in [5.41, 5.74) is 0.504. The number of carbonyl (C=O) groups excluding carboxylic acids is 2. The highest BCUT2D eigenvalue weighted by atomic mass is 35.5. The van der Waals surface area contributed by atoms with E-state index in [4.69, 9.17) is 11.6 Å². The van der Waals surface area contributed by atoms with Gasteiger partial charge < -0.3 is 10.6 Å². The van der Waals surface area contributed by atoms with Crippen LogP contribution in [0.2, 0.25) is 5.02 Å². The van der Waals surface area contributed by atoms with Crippen molar-refractivity contribution in [3.63, 3.8) is 0 Å². The van der Waals surface area contributed by atoms with Crippen LogP contribution in [0.1, 0.15) is 12.0 Å². The molecular formula is C16H12ClF3N2O2. The van der Waals surface area contributed by atoms with Crippen LogP contribution in [0.25, 0.3) is 0 Å². The number of carbonyl (C=O) groups is 2. The van der Waals surface area contributed by atoms with E-state index in [-0.39, 0.29) is 0 Å². The zero-order chi connectivity index (χ0) is 17.9. The smallest absolute Gasteiger partial charge is 0.233 e. The molecule has 2 amide bonds. The quantitative estimate of drug-likeness (QED) is 0.642. The Bertz CT molecular complexity index is 812. The predicted octanol–water partition coefficient (Wildman–Crippen LogP) is 4.03. The van der Waals surface area contributed by atoms with Gasteiger partial charge in [-0.3, -0.25) is 9.59 Å². The van der Waals surface area contributed by atoms with Crippen LogP contribution in [0.15, 0.2) is 30.3 Å². The Kier molecular flexibility index (Phi) is 5.46. The fraction of sp³-hybridized carbons (Fsp3) is 0.125. The monoisotopic (exact) mass is 356 g/mol. The lowest BCUT2D eigenvalue weighted by molar-refractivity contribution is -0.123. The van der Waals surface area contributed by atoms with Gasteiger partial charge in [-0.1, -0.05) is 17.7 Å². The number of amides is 2. The van der Waals surface area contributed by atoms with Crippen molar-refractivity contribution in [3.8, 4) is 0 Å². The van der Waals surface area contributed by atoms with Crippen molar-refractivity contribution in [2.75, 3.05) is 10.6 Å². The molecule has 0 unspecified atom stereocenters. The fourth-order valence-electron chi connectivity index (χ4n) is 1.90. The van der Waals surface area contributed by atoms with Crippen molar-refractivity contribution in [2.45, 2.75) is 13.3 Å². The van der Waals surface area contributed by atoms with E-state index < -0.39 is 41.4 Å². The number of rotatable bonds is 4. The molecule has 4 nitrogen and oxygen atoms in total. The van der Waals surface area contributed by atoms with Gasteiger partial charge >= 0.3 is 0 Å². The molecule has 0 spiro atoms. The summed E-state index contributed by atoms with van der Waals surface area (Å²) in [6.45, 7) is 1.69. The third kappa shape index (κ3) is 4.05. The highest BCUT2D eigenvalue weighted by Gasteiger charge is 2.17. The van der Waals surface area contributed by atoms with Crippen molar-refractivity contribution in [3.05, 3.63) is 58.4 Å². The third-order valence-electron chi connectivity index (χ3n) is 3.17. The lowest BCUT2D eigenvalue weighted by Gasteiger charge is -2.10. The van der Waals surface area contributed by atoms with Crippen LogP contribution >= 0.6 is 11.6 Å². The minimum atomic E-state index is -1.70. The molecule has 2 N–H and O–H groups in total. The van der Waals surface area contributed by atoms with E-state index in [0.717, 1.165) is 6.07 Å². The molecule has 0 fully saturated rings. The molecule has 126 valence electrons. The van der Waals surface area contributed by atoms with Crippen molar-refractivity contribution in [2.24, 2.45) is 0 Å². The Morgan fingerprint density at radius 1 is 0.958 bits per heavy atom. The van der Waals surface area contributed by atoms with Crippen LogP contribution in [0.5, 0.6) is 0 Å². The molecular weight excluding hydrogens is 345 g/mol. The molecule has 0 heterocycles. The summed E-state index contributed by atoms with van der Waals surface area (Å²) in [6.07, 6.45) is -0.635. The largest absolute Gasteiger partial charge is 0.325 e. The lowest BCUT2D eigenvalue weighted by atomic mass is 10.2. The van der Waals surface area contributed by atoms with Gasteiger partial charge in [0.1, 0.15) is 6.42 Å². The summed E-state index contributed by atoms with van der Waals surface area (Å²) in [5.74, 6) is -6.15. The van der Waals surface area contributed by atoms with E-state index in [2.05, 4.69) is 5.32 Å². The van der Waals surface area contributed by atoms with Crippen LogP contribution in [0.3, 0.4) is 0 Å². The maximum atomic E-state index is 13.5. The van der Waals surface area contributed by atoms with Gasteiger partial charge in [0.15, 0.2) is 17.5 Å². The Morgan fingerprint density at radius 3 is 2.25 bits per heavy atom. The summed E-state index contributed by atoms with van der Waals surface area (Å²) in [7, 11) is 0. The second kappa shape index (κ2) is 7.35. The maximum Gasteiger partial charge on any atom is 0.233 e. The Balaban J connectivity index is 2.01. The van der Waals surface area contributed by atoms with E-state index in [0.29, 0.717) is 22.3 Å². The van der Waals surface area contributed by atoms with Crippen molar-refractivity contribution in [1.29, 1.82) is 0 Å². The minimum absolute atomic E-state index is 0.430. The average molecular weight is 357 g/mol. The molecule has 0 aliphatic carbocycles. The van der Waals surface area contributed by atoms with Gasteiger partial charge in [-0.25, -0.2) is 13.2 Å². The fourth-order valence-corrected chi connectivity index (χ4v) is 2.07. The highest BCUT2D eigenvalue weighted by molar-refractivity contribution is 6.31. The summed E-state index contributed by atoms with van der Waals surface area (Å²) in [6, 6.07) is 6.41. The van der Waals surface area contributed by atoms with Crippen LogP contribution < -0.4 is 10.6 Å². The Labute approximate surface area is 140 Å². The molecule has 0 atom stereocenters. The summed E-state index contributed by atoms with van der Waals surface area (Å²) >= 11 is 5.92. The number of hydrogen-bond acceptors (Lipinski definition) is 2. The SMILES string of the molecule is Cc1c(Cl)cccc1NC(=O)CC(=O)Nc1ccc(F)c(F)c1F. The first-order chi connectivity index (χ1) is 11.3. The highest BCUT2D eigenvalue weighted by Crippen LogP contribution is 2.23. The standard InChI is InChI=1S/C16H12ClF3N2O2/c1-8-9(17)3-2-4-11(8)21-13(23)7-14(24)22-12-6-5-10(18)15(19)16(12)20/h2-6H,7H2,1H3,(H,21,23)(H,22,24). The van der Waals surface area contributed by atoms with E-state index in [1.807, 2.05) is 5.32 Å². The van der Waals surface area contributed by atoms with Crippen LogP contribution in [0, 0.1) is 24.4 Å². The van der Waals surface area contributed by atoms with E-state index in [9.17, 15) is 22.8 Å². The molecule has 0 aliphatic rings. The first-order valence-electron chi connectivity index (χ1n) is 6.78. The Hall–Kier alpha value is -2.54. The average Bonchev–Trinajstić information content (AvgIpc) is 2.52. The van der Waals surface area contributed by atoms with Gasteiger partial charge in [0, 0.05) is 10.7 Å². The van der Waals surface area contributed by atoms with Crippen molar-refractivity contribution >= 4 is 34.8 Å².